The summed E-state index contributed by atoms with van der Waals surface area (Å²) in [7, 11) is 1.86. The molecule has 0 aromatic carbocycles. The van der Waals surface area contributed by atoms with Crippen molar-refractivity contribution in [3.63, 3.8) is 0 Å². The van der Waals surface area contributed by atoms with Crippen LogP contribution in [0.25, 0.3) is 0 Å². The second-order valence-electron chi connectivity index (χ2n) is 4.72. The third-order valence-corrected chi connectivity index (χ3v) is 2.54. The molecule has 0 aliphatic rings. The van der Waals surface area contributed by atoms with Gasteiger partial charge in [-0.1, -0.05) is 13.8 Å². The fourth-order valence-corrected chi connectivity index (χ4v) is 1.96. The summed E-state index contributed by atoms with van der Waals surface area (Å²) in [6, 6.07) is 2.55. The van der Waals surface area contributed by atoms with Gasteiger partial charge in [-0.15, -0.1) is 0 Å². The Kier molecular flexibility index (Phi) is 3.94. The molecule has 1 N–H and O–H groups in total. The van der Waals surface area contributed by atoms with Crippen molar-refractivity contribution in [2.24, 2.45) is 13.0 Å². The van der Waals surface area contributed by atoms with Gasteiger partial charge in [-0.3, -0.25) is 4.68 Å². The van der Waals surface area contributed by atoms with Gasteiger partial charge in [0.1, 0.15) is 17.5 Å². The maximum Gasteiger partial charge on any atom is 0.142 e. The Hall–Kier alpha value is -1.50. The molecule has 88 valence electrons. The maximum atomic E-state index is 9.06. The molecule has 0 saturated carbocycles. The fraction of sp³-hybridized carbons (Fsp3) is 0.667. The first kappa shape index (κ1) is 12.6. The lowest BCUT2D eigenvalue weighted by molar-refractivity contribution is 0.536. The molecule has 1 rings (SSSR count). The molecule has 1 aromatic rings. The van der Waals surface area contributed by atoms with Crippen molar-refractivity contribution in [2.75, 3.05) is 5.32 Å². The van der Waals surface area contributed by atoms with Gasteiger partial charge in [0.05, 0.1) is 5.69 Å². The largest absolute Gasteiger partial charge is 0.367 e. The van der Waals surface area contributed by atoms with Crippen molar-refractivity contribution >= 4 is 5.82 Å². The highest BCUT2D eigenvalue weighted by Crippen LogP contribution is 2.19. The minimum absolute atomic E-state index is 0.349. The molecule has 1 unspecified atom stereocenters. The molecular weight excluding hydrogens is 200 g/mol. The maximum absolute atomic E-state index is 9.06. The number of anilines is 1. The summed E-state index contributed by atoms with van der Waals surface area (Å²) in [6.07, 6.45) is 1.08. The average Bonchev–Trinajstić information content (AvgIpc) is 2.40. The molecule has 4 nitrogen and oxygen atoms in total. The number of hydrogen-bond donors (Lipinski definition) is 1. The third kappa shape index (κ3) is 2.75. The fourth-order valence-electron chi connectivity index (χ4n) is 1.96. The van der Waals surface area contributed by atoms with Gasteiger partial charge < -0.3 is 5.32 Å². The molecule has 16 heavy (non-hydrogen) atoms. The predicted octanol–water partition coefficient (Wildman–Crippen LogP) is 2.45. The number of aromatic nitrogens is 2. The molecule has 0 aliphatic heterocycles. The van der Waals surface area contributed by atoms with Crippen LogP contribution < -0.4 is 5.32 Å². The lowest BCUT2D eigenvalue weighted by atomic mass is 10.1. The van der Waals surface area contributed by atoms with E-state index in [4.69, 9.17) is 5.26 Å². The van der Waals surface area contributed by atoms with Crippen molar-refractivity contribution in [1.29, 1.82) is 5.26 Å². The Morgan fingerprint density at radius 3 is 2.56 bits per heavy atom. The van der Waals surface area contributed by atoms with E-state index >= 15 is 0 Å². The van der Waals surface area contributed by atoms with Crippen molar-refractivity contribution in [3.8, 4) is 6.07 Å². The number of rotatable bonds is 4. The Morgan fingerprint density at radius 2 is 2.06 bits per heavy atom. The topological polar surface area (TPSA) is 53.6 Å². The van der Waals surface area contributed by atoms with E-state index in [9.17, 15) is 0 Å². The van der Waals surface area contributed by atoms with E-state index < -0.39 is 0 Å². The van der Waals surface area contributed by atoms with Gasteiger partial charge in [-0.05, 0) is 26.2 Å². The van der Waals surface area contributed by atoms with Crippen LogP contribution in [0.2, 0.25) is 0 Å². The zero-order valence-electron chi connectivity index (χ0n) is 10.7. The van der Waals surface area contributed by atoms with Gasteiger partial charge in [0.25, 0.3) is 0 Å². The van der Waals surface area contributed by atoms with E-state index in [0.29, 0.717) is 17.5 Å². The van der Waals surface area contributed by atoms with Crippen LogP contribution in [0.3, 0.4) is 0 Å². The lowest BCUT2D eigenvalue weighted by Gasteiger charge is -2.17. The van der Waals surface area contributed by atoms with Crippen LogP contribution in [0.4, 0.5) is 5.82 Å². The molecule has 1 atom stereocenters. The highest BCUT2D eigenvalue weighted by molar-refractivity contribution is 5.55. The van der Waals surface area contributed by atoms with Gasteiger partial charge in [0, 0.05) is 13.1 Å². The van der Waals surface area contributed by atoms with Crippen molar-refractivity contribution in [1.82, 2.24) is 9.78 Å². The first-order chi connectivity index (χ1) is 7.45. The Balaban J connectivity index is 2.85. The van der Waals surface area contributed by atoms with Crippen LogP contribution in [0.5, 0.6) is 0 Å². The van der Waals surface area contributed by atoms with Crippen LogP contribution in [-0.4, -0.2) is 15.8 Å². The molecule has 1 heterocycles. The molecule has 1 aromatic heterocycles. The van der Waals surface area contributed by atoms with Crippen LogP contribution in [0.1, 0.15) is 38.4 Å². The number of hydrogen-bond acceptors (Lipinski definition) is 3. The van der Waals surface area contributed by atoms with E-state index in [1.165, 1.54) is 0 Å². The summed E-state index contributed by atoms with van der Waals surface area (Å²) in [5, 5.41) is 16.7. The number of nitrogens with one attached hydrogen (secondary N) is 1. The molecule has 0 amide bonds. The van der Waals surface area contributed by atoms with E-state index in [0.717, 1.165) is 17.9 Å². The second-order valence-corrected chi connectivity index (χ2v) is 4.72. The molecular formula is C12H20N4. The first-order valence-corrected chi connectivity index (χ1v) is 5.66. The lowest BCUT2D eigenvalue weighted by Crippen LogP contribution is -2.19. The number of aryl methyl sites for hydroxylation is 2. The smallest absolute Gasteiger partial charge is 0.142 e. The molecule has 0 bridgehead atoms. The molecule has 0 aliphatic carbocycles. The van der Waals surface area contributed by atoms with Crippen LogP contribution >= 0.6 is 0 Å². The molecule has 0 radical (unpaired) electrons. The van der Waals surface area contributed by atoms with Crippen molar-refractivity contribution in [3.05, 3.63) is 11.3 Å². The minimum atomic E-state index is 0.349. The summed E-state index contributed by atoms with van der Waals surface area (Å²) in [5.74, 6) is 1.47. The molecule has 0 fully saturated rings. The van der Waals surface area contributed by atoms with Crippen molar-refractivity contribution < 1.29 is 0 Å². The summed E-state index contributed by atoms with van der Waals surface area (Å²) in [6.45, 7) is 8.37. The highest BCUT2D eigenvalue weighted by atomic mass is 15.3. The monoisotopic (exact) mass is 220 g/mol. The van der Waals surface area contributed by atoms with Gasteiger partial charge in [-0.2, -0.15) is 10.4 Å². The summed E-state index contributed by atoms with van der Waals surface area (Å²) in [5.41, 5.74) is 1.43. The molecule has 4 heteroatoms. The predicted molar refractivity (Wildman–Crippen MR) is 65.2 cm³/mol. The zero-order valence-corrected chi connectivity index (χ0v) is 10.7. The Bertz CT molecular complexity index is 398. The van der Waals surface area contributed by atoms with E-state index in [1.54, 1.807) is 4.68 Å². The molecule has 0 saturated heterocycles. The zero-order chi connectivity index (χ0) is 12.3. The van der Waals surface area contributed by atoms with Gasteiger partial charge >= 0.3 is 0 Å². The highest BCUT2D eigenvalue weighted by Gasteiger charge is 2.15. The van der Waals surface area contributed by atoms with Crippen LogP contribution in [-0.2, 0) is 7.05 Å². The first-order valence-electron chi connectivity index (χ1n) is 5.66. The van der Waals surface area contributed by atoms with E-state index in [1.807, 2.05) is 14.0 Å². The van der Waals surface area contributed by atoms with Gasteiger partial charge in [0.15, 0.2) is 0 Å². The van der Waals surface area contributed by atoms with Gasteiger partial charge in [-0.25, -0.2) is 0 Å². The number of nitriles is 1. The van der Waals surface area contributed by atoms with Crippen molar-refractivity contribution in [2.45, 2.75) is 40.2 Å². The minimum Gasteiger partial charge on any atom is -0.367 e. The number of nitrogens with zero attached hydrogens (tertiary/aromatic N) is 3. The van der Waals surface area contributed by atoms with E-state index in [-0.39, 0.29) is 0 Å². The quantitative estimate of drug-likeness (QED) is 0.848. The van der Waals surface area contributed by atoms with E-state index in [2.05, 4.69) is 37.3 Å². The van der Waals surface area contributed by atoms with Crippen LogP contribution in [0, 0.1) is 24.2 Å². The Labute approximate surface area is 97.3 Å². The average molecular weight is 220 g/mol. The second kappa shape index (κ2) is 5.02. The Morgan fingerprint density at radius 1 is 1.44 bits per heavy atom. The van der Waals surface area contributed by atoms with Gasteiger partial charge in [0.2, 0.25) is 0 Å². The summed E-state index contributed by atoms with van der Waals surface area (Å²) >= 11 is 0. The summed E-state index contributed by atoms with van der Waals surface area (Å²) in [4.78, 5) is 0. The standard InChI is InChI=1S/C12H20N4/c1-8(2)6-9(3)14-12-11(7-13)10(4)15-16(12)5/h8-9,14H,6H2,1-5H3. The summed E-state index contributed by atoms with van der Waals surface area (Å²) < 4.78 is 1.74. The van der Waals surface area contributed by atoms with Crippen LogP contribution in [0.15, 0.2) is 0 Å². The SMILES string of the molecule is Cc1nn(C)c(NC(C)CC(C)C)c1C#N. The normalized spacial score (nSPS) is 12.6. The molecule has 0 spiro atoms. The third-order valence-electron chi connectivity index (χ3n) is 2.54.